The van der Waals surface area contributed by atoms with Crippen LogP contribution in [0.3, 0.4) is 0 Å². The minimum Gasteiger partial charge on any atom is -0.369 e. The number of ether oxygens (including phenoxy) is 1. The maximum Gasteiger partial charge on any atom is 0.252 e. The Labute approximate surface area is 98.9 Å². The molecule has 0 radical (unpaired) electrons. The van der Waals surface area contributed by atoms with Crippen LogP contribution in [0.15, 0.2) is 0 Å². The lowest BCUT2D eigenvalue weighted by molar-refractivity contribution is -0.142. The second kappa shape index (κ2) is 6.86. The van der Waals surface area contributed by atoms with Gasteiger partial charge >= 0.3 is 0 Å². The Balaban J connectivity index is 4.39. The van der Waals surface area contributed by atoms with E-state index in [9.17, 15) is 4.79 Å². The van der Waals surface area contributed by atoms with Gasteiger partial charge in [-0.2, -0.15) is 0 Å². The summed E-state index contributed by atoms with van der Waals surface area (Å²) in [6, 6.07) is 0.0357. The molecule has 2 unspecified atom stereocenters. The smallest absolute Gasteiger partial charge is 0.252 e. The lowest BCUT2D eigenvalue weighted by atomic mass is 9.99. The molecule has 4 nitrogen and oxygen atoms in total. The van der Waals surface area contributed by atoms with Crippen LogP contribution in [0, 0.1) is 5.92 Å². The molecule has 0 rings (SSSR count). The highest BCUT2D eigenvalue weighted by atomic mass is 16.5. The van der Waals surface area contributed by atoms with Gasteiger partial charge in [0.1, 0.15) is 5.60 Å². The molecule has 4 heteroatoms. The van der Waals surface area contributed by atoms with Gasteiger partial charge in [0.25, 0.3) is 5.91 Å². The van der Waals surface area contributed by atoms with E-state index in [1.165, 1.54) is 0 Å². The van der Waals surface area contributed by atoms with E-state index >= 15 is 0 Å². The molecule has 2 atom stereocenters. The lowest BCUT2D eigenvalue weighted by Gasteiger charge is -2.28. The second-order valence-electron chi connectivity index (χ2n) is 4.82. The zero-order valence-electron chi connectivity index (χ0n) is 11.2. The number of amides is 1. The number of carbonyl (C=O) groups is 1. The number of hydrogen-bond donors (Lipinski definition) is 2. The van der Waals surface area contributed by atoms with Crippen LogP contribution in [0.1, 0.15) is 40.5 Å². The summed E-state index contributed by atoms with van der Waals surface area (Å²) in [5.74, 6) is 0.442. The third kappa shape index (κ3) is 4.49. The summed E-state index contributed by atoms with van der Waals surface area (Å²) < 4.78 is 5.25. The minimum absolute atomic E-state index is 0.0357. The summed E-state index contributed by atoms with van der Waals surface area (Å²) in [5, 5.41) is 2.95. The number of hydrogen-bond acceptors (Lipinski definition) is 3. The lowest BCUT2D eigenvalue weighted by Crippen LogP contribution is -2.51. The molecular formula is C12H26N2O2. The van der Waals surface area contributed by atoms with E-state index in [1.54, 1.807) is 14.0 Å². The summed E-state index contributed by atoms with van der Waals surface area (Å²) in [6.45, 7) is 8.43. The van der Waals surface area contributed by atoms with Crippen molar-refractivity contribution in [1.29, 1.82) is 0 Å². The average molecular weight is 230 g/mol. The highest BCUT2D eigenvalue weighted by Gasteiger charge is 2.32. The SMILES string of the molecule is CCC(C)(OC)C(=O)NC(CN)CC(C)C. The van der Waals surface area contributed by atoms with E-state index in [-0.39, 0.29) is 11.9 Å². The van der Waals surface area contributed by atoms with E-state index in [1.807, 2.05) is 6.92 Å². The maximum atomic E-state index is 12.0. The summed E-state index contributed by atoms with van der Waals surface area (Å²) in [4.78, 5) is 12.0. The number of methoxy groups -OCH3 is 1. The quantitative estimate of drug-likeness (QED) is 0.692. The van der Waals surface area contributed by atoms with Crippen LogP contribution in [-0.4, -0.2) is 31.2 Å². The monoisotopic (exact) mass is 230 g/mol. The van der Waals surface area contributed by atoms with E-state index in [0.29, 0.717) is 18.9 Å². The number of carbonyl (C=O) groups excluding carboxylic acids is 1. The summed E-state index contributed by atoms with van der Waals surface area (Å²) in [5.41, 5.74) is 4.89. The predicted octanol–water partition coefficient (Wildman–Crippen LogP) is 1.29. The molecule has 0 aromatic rings. The summed E-state index contributed by atoms with van der Waals surface area (Å²) in [7, 11) is 1.56. The first-order valence-corrected chi connectivity index (χ1v) is 5.95. The number of rotatable bonds is 7. The molecule has 1 amide bonds. The highest BCUT2D eigenvalue weighted by molar-refractivity contribution is 5.84. The van der Waals surface area contributed by atoms with E-state index < -0.39 is 5.60 Å². The Morgan fingerprint density at radius 3 is 2.38 bits per heavy atom. The van der Waals surface area contributed by atoms with Crippen LogP contribution in [0.4, 0.5) is 0 Å². The van der Waals surface area contributed by atoms with Crippen molar-refractivity contribution in [2.45, 2.75) is 52.2 Å². The molecule has 0 aromatic carbocycles. The van der Waals surface area contributed by atoms with Gasteiger partial charge in [-0.25, -0.2) is 0 Å². The maximum absolute atomic E-state index is 12.0. The second-order valence-corrected chi connectivity index (χ2v) is 4.82. The van der Waals surface area contributed by atoms with E-state index in [0.717, 1.165) is 6.42 Å². The van der Waals surface area contributed by atoms with Gasteiger partial charge in [0, 0.05) is 19.7 Å². The molecule has 0 aliphatic rings. The zero-order valence-corrected chi connectivity index (χ0v) is 11.2. The van der Waals surface area contributed by atoms with Gasteiger partial charge in [-0.1, -0.05) is 20.8 Å². The average Bonchev–Trinajstić information content (AvgIpc) is 2.26. The third-order valence-corrected chi connectivity index (χ3v) is 2.98. The molecule has 0 aliphatic carbocycles. The molecular weight excluding hydrogens is 204 g/mol. The Morgan fingerprint density at radius 2 is 2.06 bits per heavy atom. The van der Waals surface area contributed by atoms with Crippen molar-refractivity contribution in [1.82, 2.24) is 5.32 Å². The fraction of sp³-hybridized carbons (Fsp3) is 0.917. The van der Waals surface area contributed by atoms with Gasteiger partial charge in [0.2, 0.25) is 0 Å². The van der Waals surface area contributed by atoms with Gasteiger partial charge in [-0.15, -0.1) is 0 Å². The van der Waals surface area contributed by atoms with Crippen molar-refractivity contribution in [3.8, 4) is 0 Å². The normalized spacial score (nSPS) is 16.9. The van der Waals surface area contributed by atoms with Crippen LogP contribution in [0.2, 0.25) is 0 Å². The molecule has 96 valence electrons. The fourth-order valence-electron chi connectivity index (χ4n) is 1.52. The molecule has 0 fully saturated rings. The van der Waals surface area contributed by atoms with Crippen LogP contribution in [-0.2, 0) is 9.53 Å². The Hall–Kier alpha value is -0.610. The van der Waals surface area contributed by atoms with Gasteiger partial charge in [0.15, 0.2) is 0 Å². The van der Waals surface area contributed by atoms with Crippen LogP contribution >= 0.6 is 0 Å². The van der Waals surface area contributed by atoms with Gasteiger partial charge in [-0.3, -0.25) is 4.79 Å². The standard InChI is InChI=1S/C12H26N2O2/c1-6-12(4,16-5)11(15)14-10(8-13)7-9(2)3/h9-10H,6-8,13H2,1-5H3,(H,14,15). The Kier molecular flexibility index (Phi) is 6.60. The molecule has 0 heterocycles. The fourth-order valence-corrected chi connectivity index (χ4v) is 1.52. The number of nitrogens with two attached hydrogens (primary N) is 1. The Morgan fingerprint density at radius 1 is 1.50 bits per heavy atom. The van der Waals surface area contributed by atoms with E-state index in [4.69, 9.17) is 10.5 Å². The van der Waals surface area contributed by atoms with Gasteiger partial charge in [-0.05, 0) is 25.7 Å². The largest absolute Gasteiger partial charge is 0.369 e. The van der Waals surface area contributed by atoms with Crippen molar-refractivity contribution in [3.63, 3.8) is 0 Å². The molecule has 0 saturated heterocycles. The molecule has 0 spiro atoms. The van der Waals surface area contributed by atoms with Gasteiger partial charge < -0.3 is 15.8 Å². The topological polar surface area (TPSA) is 64.3 Å². The van der Waals surface area contributed by atoms with Gasteiger partial charge in [0.05, 0.1) is 0 Å². The van der Waals surface area contributed by atoms with Crippen LogP contribution in [0.25, 0.3) is 0 Å². The number of nitrogens with one attached hydrogen (secondary N) is 1. The van der Waals surface area contributed by atoms with Crippen molar-refractivity contribution < 1.29 is 9.53 Å². The van der Waals surface area contributed by atoms with Crippen LogP contribution < -0.4 is 11.1 Å². The minimum atomic E-state index is -0.746. The third-order valence-electron chi connectivity index (χ3n) is 2.98. The first kappa shape index (κ1) is 15.4. The van der Waals surface area contributed by atoms with Crippen molar-refractivity contribution >= 4 is 5.91 Å². The Bertz CT molecular complexity index is 213. The molecule has 0 bridgehead atoms. The molecule has 16 heavy (non-hydrogen) atoms. The highest BCUT2D eigenvalue weighted by Crippen LogP contribution is 2.15. The molecule has 3 N–H and O–H groups in total. The summed E-state index contributed by atoms with van der Waals surface area (Å²) in [6.07, 6.45) is 1.54. The predicted molar refractivity (Wildman–Crippen MR) is 66.1 cm³/mol. The molecule has 0 aromatic heterocycles. The zero-order chi connectivity index (χ0) is 12.8. The van der Waals surface area contributed by atoms with Crippen molar-refractivity contribution in [2.24, 2.45) is 11.7 Å². The first-order chi connectivity index (χ1) is 7.39. The molecule has 0 saturated carbocycles. The van der Waals surface area contributed by atoms with Crippen molar-refractivity contribution in [2.75, 3.05) is 13.7 Å². The summed E-state index contributed by atoms with van der Waals surface area (Å²) >= 11 is 0. The van der Waals surface area contributed by atoms with Crippen LogP contribution in [0.5, 0.6) is 0 Å². The molecule has 0 aliphatic heterocycles. The first-order valence-electron chi connectivity index (χ1n) is 5.95. The van der Waals surface area contributed by atoms with E-state index in [2.05, 4.69) is 19.2 Å². The van der Waals surface area contributed by atoms with Crippen molar-refractivity contribution in [3.05, 3.63) is 0 Å².